The molecule has 0 atom stereocenters. The number of nitrogens with zero attached hydrogens (tertiary/aromatic N) is 1. The molecule has 28 heavy (non-hydrogen) atoms. The third kappa shape index (κ3) is 3.33. The fourth-order valence-electron chi connectivity index (χ4n) is 3.27. The van der Waals surface area contributed by atoms with Crippen LogP contribution in [0.2, 0.25) is 5.02 Å². The summed E-state index contributed by atoms with van der Waals surface area (Å²) < 4.78 is 1.53. The van der Waals surface area contributed by atoms with E-state index in [4.69, 9.17) is 11.6 Å². The minimum atomic E-state index is -0.315. The predicted molar refractivity (Wildman–Crippen MR) is 117 cm³/mol. The summed E-state index contributed by atoms with van der Waals surface area (Å²) in [6, 6.07) is 18.6. The molecular weight excluding hydrogens is 390 g/mol. The molecule has 138 valence electrons. The molecule has 0 unspecified atom stereocenters. The topological polar surface area (TPSA) is 39.1 Å². The van der Waals surface area contributed by atoms with E-state index in [2.05, 4.69) is 0 Å². The molecular formula is C23H16ClNO2S. The van der Waals surface area contributed by atoms with Crippen LogP contribution in [-0.2, 0) is 7.05 Å². The van der Waals surface area contributed by atoms with Gasteiger partial charge in [-0.25, -0.2) is 0 Å². The standard InChI is InChI=1S/C23H16ClNO2S/c1-25-19-7-3-2-6-18(19)21(15-8-10-16(24)11-9-15)22(23(25)27)20(26)13-12-17-5-4-14-28-17/h2-14H,1H3/b13-12+. The summed E-state index contributed by atoms with van der Waals surface area (Å²) in [5.74, 6) is -0.315. The van der Waals surface area contributed by atoms with Crippen molar-refractivity contribution < 1.29 is 4.79 Å². The van der Waals surface area contributed by atoms with Crippen LogP contribution in [0.25, 0.3) is 28.1 Å². The van der Waals surface area contributed by atoms with Crippen LogP contribution in [0.1, 0.15) is 15.2 Å². The van der Waals surface area contributed by atoms with Gasteiger partial charge < -0.3 is 4.57 Å². The number of hydrogen-bond acceptors (Lipinski definition) is 3. The number of para-hydroxylation sites is 1. The normalized spacial score (nSPS) is 11.4. The summed E-state index contributed by atoms with van der Waals surface area (Å²) >= 11 is 7.58. The minimum absolute atomic E-state index is 0.163. The first-order chi connectivity index (χ1) is 13.6. The number of aryl methyl sites for hydroxylation is 1. The van der Waals surface area contributed by atoms with Crippen molar-refractivity contribution in [2.45, 2.75) is 0 Å². The van der Waals surface area contributed by atoms with Gasteiger partial charge in [-0.05, 0) is 47.4 Å². The summed E-state index contributed by atoms with van der Waals surface area (Å²) in [6.45, 7) is 0. The molecule has 0 fully saturated rings. The van der Waals surface area contributed by atoms with Crippen molar-refractivity contribution in [3.8, 4) is 11.1 Å². The van der Waals surface area contributed by atoms with Crippen LogP contribution >= 0.6 is 22.9 Å². The molecule has 0 radical (unpaired) electrons. The lowest BCUT2D eigenvalue weighted by molar-refractivity contribution is 0.104. The number of fused-ring (bicyclic) bond motifs is 1. The summed E-state index contributed by atoms with van der Waals surface area (Å²) in [5, 5.41) is 3.39. The molecule has 3 nitrogen and oxygen atoms in total. The Morgan fingerprint density at radius 1 is 1.04 bits per heavy atom. The second-order valence-corrected chi connectivity index (χ2v) is 7.77. The van der Waals surface area contributed by atoms with Crippen LogP contribution in [0.5, 0.6) is 0 Å². The molecule has 4 rings (SSSR count). The van der Waals surface area contributed by atoms with Crippen LogP contribution in [0.4, 0.5) is 0 Å². The summed E-state index contributed by atoms with van der Waals surface area (Å²) in [4.78, 5) is 27.2. The van der Waals surface area contributed by atoms with Gasteiger partial charge in [-0.2, -0.15) is 0 Å². The van der Waals surface area contributed by atoms with Crippen LogP contribution < -0.4 is 5.56 Å². The minimum Gasteiger partial charge on any atom is -0.311 e. The first-order valence-electron chi connectivity index (χ1n) is 8.70. The number of carbonyl (C=O) groups excluding carboxylic acids is 1. The highest BCUT2D eigenvalue weighted by atomic mass is 35.5. The number of benzene rings is 2. The highest BCUT2D eigenvalue weighted by Gasteiger charge is 2.20. The fourth-order valence-corrected chi connectivity index (χ4v) is 4.01. The first kappa shape index (κ1) is 18.4. The SMILES string of the molecule is Cn1c(=O)c(C(=O)/C=C/c2cccs2)c(-c2ccc(Cl)cc2)c2ccccc21. The maximum atomic E-state index is 13.1. The Hall–Kier alpha value is -2.95. The Balaban J connectivity index is 2.00. The number of carbonyl (C=O) groups is 1. The van der Waals surface area contributed by atoms with Crippen molar-refractivity contribution in [2.75, 3.05) is 0 Å². The average molecular weight is 406 g/mol. The zero-order valence-electron chi connectivity index (χ0n) is 15.1. The van der Waals surface area contributed by atoms with E-state index in [-0.39, 0.29) is 16.9 Å². The molecule has 2 aromatic heterocycles. The summed E-state index contributed by atoms with van der Waals surface area (Å²) in [6.07, 6.45) is 3.21. The maximum absolute atomic E-state index is 13.1. The van der Waals surface area contributed by atoms with Crippen molar-refractivity contribution in [3.05, 3.63) is 97.9 Å². The molecule has 0 aliphatic heterocycles. The van der Waals surface area contributed by atoms with E-state index in [9.17, 15) is 9.59 Å². The van der Waals surface area contributed by atoms with Gasteiger partial charge in [-0.1, -0.05) is 48.0 Å². The van der Waals surface area contributed by atoms with Crippen molar-refractivity contribution in [3.63, 3.8) is 0 Å². The Bertz CT molecular complexity index is 1250. The van der Waals surface area contributed by atoms with Gasteiger partial charge in [-0.15, -0.1) is 11.3 Å². The zero-order valence-corrected chi connectivity index (χ0v) is 16.6. The van der Waals surface area contributed by atoms with Gasteiger partial charge in [0.05, 0.1) is 11.1 Å². The smallest absolute Gasteiger partial charge is 0.262 e. The van der Waals surface area contributed by atoms with Gasteiger partial charge in [0, 0.05) is 27.9 Å². The van der Waals surface area contributed by atoms with Crippen molar-refractivity contribution in [1.82, 2.24) is 4.57 Å². The average Bonchev–Trinajstić information content (AvgIpc) is 3.23. The van der Waals surface area contributed by atoms with Gasteiger partial charge in [0.25, 0.3) is 5.56 Å². The summed E-state index contributed by atoms with van der Waals surface area (Å²) in [7, 11) is 1.69. The van der Waals surface area contributed by atoms with Gasteiger partial charge in [0.2, 0.25) is 0 Å². The predicted octanol–water partition coefficient (Wildman–Crippen LogP) is 5.82. The number of aromatic nitrogens is 1. The van der Waals surface area contributed by atoms with E-state index in [0.717, 1.165) is 21.3 Å². The van der Waals surface area contributed by atoms with E-state index in [1.807, 2.05) is 53.9 Å². The Kier molecular flexibility index (Phi) is 4.99. The second kappa shape index (κ2) is 7.58. The van der Waals surface area contributed by atoms with Gasteiger partial charge >= 0.3 is 0 Å². The number of rotatable bonds is 4. The van der Waals surface area contributed by atoms with E-state index in [0.29, 0.717) is 10.6 Å². The van der Waals surface area contributed by atoms with Crippen molar-refractivity contribution in [1.29, 1.82) is 0 Å². The second-order valence-electron chi connectivity index (χ2n) is 6.35. The number of allylic oxidation sites excluding steroid dienone is 1. The molecule has 0 amide bonds. The lowest BCUT2D eigenvalue weighted by Crippen LogP contribution is -2.25. The monoisotopic (exact) mass is 405 g/mol. The third-order valence-electron chi connectivity index (χ3n) is 4.62. The Labute approximate surface area is 171 Å². The van der Waals surface area contributed by atoms with Crippen LogP contribution in [0, 0.1) is 0 Å². The van der Waals surface area contributed by atoms with Crippen LogP contribution in [-0.4, -0.2) is 10.4 Å². The number of pyridine rings is 1. The molecule has 0 N–H and O–H groups in total. The number of halogens is 1. The van der Waals surface area contributed by atoms with Crippen LogP contribution in [0.3, 0.4) is 0 Å². The maximum Gasteiger partial charge on any atom is 0.262 e. The summed E-state index contributed by atoms with van der Waals surface area (Å²) in [5.41, 5.74) is 2.04. The van der Waals surface area contributed by atoms with Crippen LogP contribution in [0.15, 0.2) is 76.9 Å². The number of ketones is 1. The third-order valence-corrected chi connectivity index (χ3v) is 5.71. The molecule has 0 spiro atoms. The van der Waals surface area contributed by atoms with Gasteiger partial charge in [0.1, 0.15) is 0 Å². The number of thiophene rings is 1. The largest absolute Gasteiger partial charge is 0.311 e. The molecule has 2 aromatic carbocycles. The molecule has 0 aliphatic rings. The molecule has 0 aliphatic carbocycles. The van der Waals surface area contributed by atoms with E-state index in [1.165, 1.54) is 22.0 Å². The Morgan fingerprint density at radius 2 is 1.79 bits per heavy atom. The first-order valence-corrected chi connectivity index (χ1v) is 9.95. The van der Waals surface area contributed by atoms with E-state index < -0.39 is 0 Å². The molecule has 0 bridgehead atoms. The number of hydrogen-bond donors (Lipinski definition) is 0. The van der Waals surface area contributed by atoms with Gasteiger partial charge in [0.15, 0.2) is 5.78 Å². The van der Waals surface area contributed by atoms with Gasteiger partial charge in [-0.3, -0.25) is 9.59 Å². The lowest BCUT2D eigenvalue weighted by atomic mass is 9.93. The molecule has 5 heteroatoms. The van der Waals surface area contributed by atoms with Crippen molar-refractivity contribution in [2.24, 2.45) is 7.05 Å². The zero-order chi connectivity index (χ0) is 19.7. The quantitative estimate of drug-likeness (QED) is 0.317. The molecule has 0 saturated heterocycles. The highest BCUT2D eigenvalue weighted by Crippen LogP contribution is 2.31. The molecule has 4 aromatic rings. The van der Waals surface area contributed by atoms with E-state index >= 15 is 0 Å². The lowest BCUT2D eigenvalue weighted by Gasteiger charge is -2.14. The van der Waals surface area contributed by atoms with Crippen molar-refractivity contribution >= 4 is 45.7 Å². The Morgan fingerprint density at radius 3 is 2.50 bits per heavy atom. The highest BCUT2D eigenvalue weighted by molar-refractivity contribution is 7.10. The molecule has 2 heterocycles. The van der Waals surface area contributed by atoms with E-state index in [1.54, 1.807) is 25.3 Å². The fraction of sp³-hybridized carbons (Fsp3) is 0.0435. The molecule has 0 saturated carbocycles.